The monoisotopic (exact) mass is 276 g/mol. The van der Waals surface area contributed by atoms with Gasteiger partial charge in [-0.05, 0) is 36.2 Å². The van der Waals surface area contributed by atoms with E-state index >= 15 is 0 Å². The van der Waals surface area contributed by atoms with Gasteiger partial charge in [-0.25, -0.2) is 0 Å². The average molecular weight is 276 g/mol. The zero-order valence-corrected chi connectivity index (χ0v) is 11.8. The van der Waals surface area contributed by atoms with Crippen LogP contribution in [0.5, 0.6) is 0 Å². The number of amides is 1. The molecule has 0 aliphatic rings. The van der Waals surface area contributed by atoms with Crippen molar-refractivity contribution in [3.8, 4) is 0 Å². The van der Waals surface area contributed by atoms with Crippen LogP contribution >= 0.6 is 0 Å². The summed E-state index contributed by atoms with van der Waals surface area (Å²) in [5, 5.41) is 3.95. The summed E-state index contributed by atoms with van der Waals surface area (Å²) in [6.45, 7) is 2.09. The Morgan fingerprint density at radius 2 is 1.81 bits per heavy atom. The molecule has 104 valence electrons. The smallest absolute Gasteiger partial charge is 0.255 e. The van der Waals surface area contributed by atoms with Crippen LogP contribution in [-0.4, -0.2) is 10.9 Å². The van der Waals surface area contributed by atoms with Crippen LogP contribution < -0.4 is 5.32 Å². The number of hydrogen-bond donors (Lipinski definition) is 1. The molecule has 3 heteroatoms. The van der Waals surface area contributed by atoms with Crippen molar-refractivity contribution >= 4 is 22.5 Å². The van der Waals surface area contributed by atoms with Gasteiger partial charge in [0.1, 0.15) is 0 Å². The maximum absolute atomic E-state index is 12.3. The van der Waals surface area contributed by atoms with Crippen LogP contribution in [0.25, 0.3) is 10.9 Å². The fraction of sp³-hybridized carbons (Fsp3) is 0.111. The summed E-state index contributed by atoms with van der Waals surface area (Å²) in [5.41, 5.74) is 3.41. The van der Waals surface area contributed by atoms with Gasteiger partial charge < -0.3 is 5.32 Å². The maximum atomic E-state index is 12.3. The first-order valence-corrected chi connectivity index (χ1v) is 7.02. The lowest BCUT2D eigenvalue weighted by Gasteiger charge is -2.08. The number of pyridine rings is 1. The summed E-state index contributed by atoms with van der Waals surface area (Å²) in [7, 11) is 0. The van der Waals surface area contributed by atoms with E-state index in [4.69, 9.17) is 0 Å². The third-order valence-electron chi connectivity index (χ3n) is 3.51. The van der Waals surface area contributed by atoms with Crippen LogP contribution in [0.1, 0.15) is 22.8 Å². The zero-order valence-electron chi connectivity index (χ0n) is 11.8. The number of carbonyl (C=O) groups is 1. The molecule has 0 radical (unpaired) electrons. The topological polar surface area (TPSA) is 42.0 Å². The van der Waals surface area contributed by atoms with Crippen molar-refractivity contribution < 1.29 is 4.79 Å². The highest BCUT2D eigenvalue weighted by Crippen LogP contribution is 2.21. The third kappa shape index (κ3) is 2.77. The highest BCUT2D eigenvalue weighted by Gasteiger charge is 2.08. The van der Waals surface area contributed by atoms with Crippen LogP contribution in [0.4, 0.5) is 5.69 Å². The Labute approximate surface area is 123 Å². The van der Waals surface area contributed by atoms with Gasteiger partial charge >= 0.3 is 0 Å². The molecule has 0 spiro atoms. The number of benzene rings is 2. The predicted molar refractivity (Wildman–Crippen MR) is 85.5 cm³/mol. The molecule has 0 unspecified atom stereocenters. The molecule has 0 saturated carbocycles. The highest BCUT2D eigenvalue weighted by atomic mass is 16.1. The molecule has 1 heterocycles. The number of fused-ring (bicyclic) bond motifs is 1. The number of para-hydroxylation sites is 1. The molecule has 3 nitrogen and oxygen atoms in total. The first-order valence-electron chi connectivity index (χ1n) is 7.02. The number of nitrogens with zero attached hydrogens (tertiary/aromatic N) is 1. The number of aryl methyl sites for hydroxylation is 1. The fourth-order valence-corrected chi connectivity index (χ4v) is 2.29. The largest absolute Gasteiger partial charge is 0.320 e. The normalized spacial score (nSPS) is 10.5. The molecular weight excluding hydrogens is 260 g/mol. The molecule has 1 amide bonds. The van der Waals surface area contributed by atoms with Crippen LogP contribution in [0.2, 0.25) is 0 Å². The summed E-state index contributed by atoms with van der Waals surface area (Å²) in [5.74, 6) is -0.115. The van der Waals surface area contributed by atoms with E-state index in [2.05, 4.69) is 17.2 Å². The van der Waals surface area contributed by atoms with E-state index in [1.165, 1.54) is 5.56 Å². The first kappa shape index (κ1) is 13.3. The van der Waals surface area contributed by atoms with E-state index in [0.29, 0.717) is 5.56 Å². The Balaban J connectivity index is 1.89. The van der Waals surface area contributed by atoms with Crippen molar-refractivity contribution in [1.29, 1.82) is 0 Å². The third-order valence-corrected chi connectivity index (χ3v) is 3.51. The quantitative estimate of drug-likeness (QED) is 0.784. The molecule has 0 atom stereocenters. The molecular formula is C18H16N2O. The molecule has 2 aromatic carbocycles. The molecule has 0 saturated heterocycles. The van der Waals surface area contributed by atoms with Gasteiger partial charge in [0.25, 0.3) is 5.91 Å². The van der Waals surface area contributed by atoms with Crippen molar-refractivity contribution in [2.24, 2.45) is 0 Å². The molecule has 3 aromatic rings. The molecule has 21 heavy (non-hydrogen) atoms. The Morgan fingerprint density at radius 3 is 2.57 bits per heavy atom. The number of aromatic nitrogens is 1. The van der Waals surface area contributed by atoms with Gasteiger partial charge in [0.2, 0.25) is 0 Å². The number of nitrogens with one attached hydrogen (secondary N) is 1. The van der Waals surface area contributed by atoms with E-state index in [1.54, 1.807) is 6.20 Å². The average Bonchev–Trinajstić information content (AvgIpc) is 2.55. The molecule has 0 aliphatic heterocycles. The van der Waals surface area contributed by atoms with Gasteiger partial charge in [-0.3, -0.25) is 9.78 Å². The van der Waals surface area contributed by atoms with Crippen molar-refractivity contribution in [3.63, 3.8) is 0 Å². The Morgan fingerprint density at radius 1 is 1.05 bits per heavy atom. The van der Waals surface area contributed by atoms with E-state index in [1.807, 2.05) is 54.6 Å². The molecule has 0 aliphatic carbocycles. The highest BCUT2D eigenvalue weighted by molar-refractivity contribution is 6.08. The SMILES string of the molecule is CCc1ccc(C(=O)Nc2cccc3cccnc23)cc1. The summed E-state index contributed by atoms with van der Waals surface area (Å²) >= 11 is 0. The van der Waals surface area contributed by atoms with Gasteiger partial charge in [0.15, 0.2) is 0 Å². The molecule has 0 fully saturated rings. The van der Waals surface area contributed by atoms with Crippen molar-refractivity contribution in [2.45, 2.75) is 13.3 Å². The van der Waals surface area contributed by atoms with E-state index in [9.17, 15) is 4.79 Å². The minimum atomic E-state index is -0.115. The molecule has 1 N–H and O–H groups in total. The lowest BCUT2D eigenvalue weighted by molar-refractivity contribution is 0.102. The number of carbonyl (C=O) groups excluding carboxylic acids is 1. The number of rotatable bonds is 3. The van der Waals surface area contributed by atoms with E-state index in [0.717, 1.165) is 23.0 Å². The lowest BCUT2D eigenvalue weighted by Crippen LogP contribution is -2.12. The van der Waals surface area contributed by atoms with Gasteiger partial charge in [-0.15, -0.1) is 0 Å². The second kappa shape index (κ2) is 5.75. The van der Waals surface area contributed by atoms with Crippen LogP contribution in [0, 0.1) is 0 Å². The Bertz CT molecular complexity index is 773. The number of hydrogen-bond acceptors (Lipinski definition) is 2. The van der Waals surface area contributed by atoms with Crippen LogP contribution in [0.3, 0.4) is 0 Å². The van der Waals surface area contributed by atoms with E-state index in [-0.39, 0.29) is 5.91 Å². The second-order valence-corrected chi connectivity index (χ2v) is 4.89. The summed E-state index contributed by atoms with van der Waals surface area (Å²) in [4.78, 5) is 16.7. The zero-order chi connectivity index (χ0) is 14.7. The Kier molecular flexibility index (Phi) is 3.65. The van der Waals surface area contributed by atoms with Crippen molar-refractivity contribution in [3.05, 3.63) is 71.9 Å². The molecule has 3 rings (SSSR count). The van der Waals surface area contributed by atoms with E-state index < -0.39 is 0 Å². The van der Waals surface area contributed by atoms with Gasteiger partial charge in [-0.2, -0.15) is 0 Å². The summed E-state index contributed by atoms with van der Waals surface area (Å²) in [6.07, 6.45) is 2.70. The lowest BCUT2D eigenvalue weighted by atomic mass is 10.1. The summed E-state index contributed by atoms with van der Waals surface area (Å²) in [6, 6.07) is 17.3. The van der Waals surface area contributed by atoms with Gasteiger partial charge in [0, 0.05) is 17.1 Å². The molecule has 1 aromatic heterocycles. The van der Waals surface area contributed by atoms with Crippen LogP contribution in [0.15, 0.2) is 60.8 Å². The van der Waals surface area contributed by atoms with Gasteiger partial charge in [0.05, 0.1) is 11.2 Å². The standard InChI is InChI=1S/C18H16N2O/c1-2-13-8-10-15(11-9-13)18(21)20-16-7-3-5-14-6-4-12-19-17(14)16/h3-12H,2H2,1H3,(H,20,21). The molecule has 0 bridgehead atoms. The second-order valence-electron chi connectivity index (χ2n) is 4.89. The minimum Gasteiger partial charge on any atom is -0.320 e. The summed E-state index contributed by atoms with van der Waals surface area (Å²) < 4.78 is 0. The predicted octanol–water partition coefficient (Wildman–Crippen LogP) is 4.05. The first-order chi connectivity index (χ1) is 10.3. The number of anilines is 1. The minimum absolute atomic E-state index is 0.115. The van der Waals surface area contributed by atoms with Gasteiger partial charge in [-0.1, -0.05) is 37.3 Å². The van der Waals surface area contributed by atoms with Crippen molar-refractivity contribution in [2.75, 3.05) is 5.32 Å². The fourth-order valence-electron chi connectivity index (χ4n) is 2.29. The van der Waals surface area contributed by atoms with Crippen molar-refractivity contribution in [1.82, 2.24) is 4.98 Å². The maximum Gasteiger partial charge on any atom is 0.255 e. The van der Waals surface area contributed by atoms with Crippen LogP contribution in [-0.2, 0) is 6.42 Å². The Hall–Kier alpha value is -2.68.